The van der Waals surface area contributed by atoms with Crippen molar-refractivity contribution in [2.24, 2.45) is 11.8 Å². The number of amides is 2. The minimum atomic E-state index is -2.89. The van der Waals surface area contributed by atoms with E-state index < -0.39 is 12.0 Å². The summed E-state index contributed by atoms with van der Waals surface area (Å²) in [6.07, 6.45) is 5.10. The van der Waals surface area contributed by atoms with E-state index in [0.717, 1.165) is 63.6 Å². The summed E-state index contributed by atoms with van der Waals surface area (Å²) in [4.78, 5) is 24.4. The molecule has 3 saturated carbocycles. The Labute approximate surface area is 218 Å². The number of hydrogen-bond donors (Lipinski definition) is 1. The molecular weight excluding hydrogens is 478 g/mol. The largest absolute Gasteiger partial charge is 0.339 e. The maximum atomic E-state index is 15.2. The number of fused-ring (bicyclic) bond motifs is 1. The zero-order valence-corrected chi connectivity index (χ0v) is 22.5. The van der Waals surface area contributed by atoms with Crippen LogP contribution in [0, 0.1) is 11.8 Å². The van der Waals surface area contributed by atoms with Crippen LogP contribution in [-0.2, 0) is 5.41 Å². The second kappa shape index (κ2) is 9.43. The topological polar surface area (TPSA) is 77.7 Å². The van der Waals surface area contributed by atoms with Crippen LogP contribution >= 0.6 is 0 Å². The van der Waals surface area contributed by atoms with E-state index in [4.69, 9.17) is 9.51 Å². The maximum absolute atomic E-state index is 15.2. The molecule has 10 heteroatoms. The number of aromatic nitrogens is 2. The summed E-state index contributed by atoms with van der Waals surface area (Å²) in [6.45, 7) is 11.1. The van der Waals surface area contributed by atoms with Crippen LogP contribution in [0.15, 0.2) is 4.52 Å². The quantitative estimate of drug-likeness (QED) is 0.636. The Hall–Kier alpha value is -1.81. The van der Waals surface area contributed by atoms with Crippen molar-refractivity contribution < 1.29 is 18.1 Å². The molecule has 0 aromatic carbocycles. The molecule has 1 aromatic rings. The molecule has 1 aromatic heterocycles. The summed E-state index contributed by atoms with van der Waals surface area (Å²) in [5.74, 6) is -0.216. The van der Waals surface area contributed by atoms with Crippen molar-refractivity contribution >= 4 is 6.03 Å². The number of urea groups is 1. The van der Waals surface area contributed by atoms with Gasteiger partial charge in [-0.1, -0.05) is 12.1 Å². The van der Waals surface area contributed by atoms with Gasteiger partial charge in [-0.05, 0) is 64.2 Å². The third-order valence-electron chi connectivity index (χ3n) is 9.87. The lowest BCUT2D eigenvalue weighted by molar-refractivity contribution is -0.0971. The predicted octanol–water partition coefficient (Wildman–Crippen LogP) is 3.84. The number of likely N-dealkylation sites (tertiary alicyclic amines) is 1. The van der Waals surface area contributed by atoms with Gasteiger partial charge in [0.15, 0.2) is 5.82 Å². The van der Waals surface area contributed by atoms with E-state index in [0.29, 0.717) is 49.7 Å². The number of nitrogens with zero attached hydrogens (tertiary/aromatic N) is 5. The molecular formula is C27H42F2N6O2. The SMILES string of the molecule is CC(C)N1CCN([C@H]2CCCC(F)(F)[C@@H]2NC(=O)N2C[C@@H]3C[C@](C)(c4noc(C5CC5)n4)C[C@@H]3C2)CC1. The Balaban J connectivity index is 1.08. The third-order valence-corrected chi connectivity index (χ3v) is 9.87. The molecule has 8 nitrogen and oxygen atoms in total. The number of halogens is 2. The maximum Gasteiger partial charge on any atom is 0.317 e. The minimum absolute atomic E-state index is 0.145. The molecule has 0 bridgehead atoms. The molecule has 0 unspecified atom stereocenters. The highest BCUT2D eigenvalue weighted by atomic mass is 19.3. The normalized spacial score (nSPS) is 36.8. The fourth-order valence-electron chi connectivity index (χ4n) is 7.52. The van der Waals surface area contributed by atoms with Crippen LogP contribution in [0.2, 0.25) is 0 Å². The van der Waals surface area contributed by atoms with Crippen molar-refractivity contribution in [2.45, 2.75) is 101 Å². The summed E-state index contributed by atoms with van der Waals surface area (Å²) in [5.41, 5.74) is -0.145. The lowest BCUT2D eigenvalue weighted by Gasteiger charge is -2.47. The molecule has 5 fully saturated rings. The van der Waals surface area contributed by atoms with Crippen molar-refractivity contribution in [1.82, 2.24) is 30.2 Å². The summed E-state index contributed by atoms with van der Waals surface area (Å²) in [5, 5.41) is 7.14. The van der Waals surface area contributed by atoms with Gasteiger partial charge in [-0.25, -0.2) is 13.6 Å². The Kier molecular flexibility index (Phi) is 6.49. The number of alkyl halides is 2. The zero-order chi connectivity index (χ0) is 25.9. The van der Waals surface area contributed by atoms with E-state index in [2.05, 4.69) is 41.0 Å². The smallest absolute Gasteiger partial charge is 0.317 e. The molecule has 5 atom stereocenters. The van der Waals surface area contributed by atoms with E-state index in [9.17, 15) is 4.79 Å². The van der Waals surface area contributed by atoms with Crippen LogP contribution in [0.4, 0.5) is 13.6 Å². The van der Waals surface area contributed by atoms with Gasteiger partial charge in [-0.2, -0.15) is 4.98 Å². The Morgan fingerprint density at radius 3 is 2.38 bits per heavy atom. The van der Waals surface area contributed by atoms with Crippen LogP contribution < -0.4 is 5.32 Å². The fourth-order valence-corrected chi connectivity index (χ4v) is 7.52. The van der Waals surface area contributed by atoms with Crippen molar-refractivity contribution in [3.63, 3.8) is 0 Å². The molecule has 0 spiro atoms. The monoisotopic (exact) mass is 520 g/mol. The molecule has 2 saturated heterocycles. The molecule has 6 rings (SSSR count). The van der Waals surface area contributed by atoms with Crippen LogP contribution in [-0.4, -0.2) is 94.2 Å². The highest BCUT2D eigenvalue weighted by Gasteiger charge is 2.53. The van der Waals surface area contributed by atoms with Gasteiger partial charge in [-0.15, -0.1) is 0 Å². The molecule has 5 aliphatic rings. The average Bonchev–Trinajstić information content (AvgIpc) is 3.29. The van der Waals surface area contributed by atoms with Crippen molar-refractivity contribution in [3.05, 3.63) is 11.7 Å². The highest BCUT2D eigenvalue weighted by Crippen LogP contribution is 2.50. The van der Waals surface area contributed by atoms with E-state index in [1.165, 1.54) is 0 Å². The summed E-state index contributed by atoms with van der Waals surface area (Å²) in [7, 11) is 0. The lowest BCUT2D eigenvalue weighted by atomic mass is 9.85. The van der Waals surface area contributed by atoms with Gasteiger partial charge < -0.3 is 14.7 Å². The van der Waals surface area contributed by atoms with Crippen LogP contribution in [0.1, 0.15) is 83.3 Å². The first-order valence-corrected chi connectivity index (χ1v) is 14.4. The Morgan fingerprint density at radius 2 is 1.76 bits per heavy atom. The van der Waals surface area contributed by atoms with Crippen LogP contribution in [0.5, 0.6) is 0 Å². The van der Waals surface area contributed by atoms with E-state index >= 15 is 8.78 Å². The first-order chi connectivity index (χ1) is 17.6. The van der Waals surface area contributed by atoms with Crippen LogP contribution in [0.3, 0.4) is 0 Å². The van der Waals surface area contributed by atoms with E-state index in [1.807, 2.05) is 0 Å². The number of rotatable bonds is 5. The van der Waals surface area contributed by atoms with Gasteiger partial charge in [0.2, 0.25) is 5.89 Å². The van der Waals surface area contributed by atoms with E-state index in [1.54, 1.807) is 4.90 Å². The van der Waals surface area contributed by atoms with E-state index in [-0.39, 0.29) is 23.9 Å². The van der Waals surface area contributed by atoms with Crippen LogP contribution in [0.25, 0.3) is 0 Å². The second-order valence-corrected chi connectivity index (χ2v) is 12.9. The standard InChI is InChI=1S/C27H42F2N6O2/c1-17(2)33-9-11-34(12-10-33)21-5-4-8-27(28,29)22(21)30-25(36)35-15-19-13-26(3,14-20(19)16-35)24-31-23(37-32-24)18-6-7-18/h17-22H,4-16H2,1-3H3,(H,30,36)/t19-,20+,21-,22+,26-/m0/s1. The van der Waals surface area contributed by atoms with Gasteiger partial charge in [0, 0.05) is 69.1 Å². The molecule has 0 radical (unpaired) electrons. The number of piperazine rings is 1. The van der Waals surface area contributed by atoms with Crippen molar-refractivity contribution in [2.75, 3.05) is 39.3 Å². The van der Waals surface area contributed by atoms with Gasteiger partial charge in [0.25, 0.3) is 5.92 Å². The molecule has 206 valence electrons. The number of carbonyl (C=O) groups is 1. The van der Waals surface area contributed by atoms with Gasteiger partial charge in [0.05, 0.1) is 0 Å². The van der Waals surface area contributed by atoms with Gasteiger partial charge >= 0.3 is 6.03 Å². The summed E-state index contributed by atoms with van der Waals surface area (Å²) in [6, 6.07) is -1.32. The number of carbonyl (C=O) groups excluding carboxylic acids is 1. The zero-order valence-electron chi connectivity index (χ0n) is 22.5. The Bertz CT molecular complexity index is 975. The number of nitrogens with one attached hydrogen (secondary N) is 1. The Morgan fingerprint density at radius 1 is 1.08 bits per heavy atom. The molecule has 2 amide bonds. The first kappa shape index (κ1) is 25.5. The molecule has 1 N–H and O–H groups in total. The molecule has 37 heavy (non-hydrogen) atoms. The third kappa shape index (κ3) is 4.88. The average molecular weight is 521 g/mol. The molecule has 3 heterocycles. The molecule has 3 aliphatic carbocycles. The van der Waals surface area contributed by atoms with Gasteiger partial charge in [-0.3, -0.25) is 9.80 Å². The van der Waals surface area contributed by atoms with Gasteiger partial charge in [0.1, 0.15) is 6.04 Å². The molecule has 2 aliphatic heterocycles. The highest BCUT2D eigenvalue weighted by molar-refractivity contribution is 5.75. The summed E-state index contributed by atoms with van der Waals surface area (Å²) >= 11 is 0. The fraction of sp³-hybridized carbons (Fsp3) is 0.889. The second-order valence-electron chi connectivity index (χ2n) is 12.9. The van der Waals surface area contributed by atoms with Crippen molar-refractivity contribution in [3.8, 4) is 0 Å². The predicted molar refractivity (Wildman–Crippen MR) is 135 cm³/mol. The lowest BCUT2D eigenvalue weighted by Crippen LogP contribution is -2.65. The summed E-state index contributed by atoms with van der Waals surface area (Å²) < 4.78 is 35.9. The first-order valence-electron chi connectivity index (χ1n) is 14.4. The van der Waals surface area contributed by atoms with Crippen molar-refractivity contribution in [1.29, 1.82) is 0 Å². The number of hydrogen-bond acceptors (Lipinski definition) is 6. The minimum Gasteiger partial charge on any atom is -0.339 e.